The van der Waals surface area contributed by atoms with Gasteiger partial charge < -0.3 is 10.6 Å². The van der Waals surface area contributed by atoms with E-state index < -0.39 is 0 Å². The lowest BCUT2D eigenvalue weighted by Gasteiger charge is -2.10. The fourth-order valence-corrected chi connectivity index (χ4v) is 2.08. The summed E-state index contributed by atoms with van der Waals surface area (Å²) in [5.74, 6) is -0.168. The third kappa shape index (κ3) is 3.81. The van der Waals surface area contributed by atoms with Gasteiger partial charge in [-0.25, -0.2) is 0 Å². The number of amides is 2. The van der Waals surface area contributed by atoms with Gasteiger partial charge in [0.1, 0.15) is 0 Å². The van der Waals surface area contributed by atoms with Crippen molar-refractivity contribution >= 4 is 22.6 Å². The number of hydrogen-bond donors (Lipinski definition) is 2. The average Bonchev–Trinajstić information content (AvgIpc) is 2.50. The van der Waals surface area contributed by atoms with Crippen LogP contribution in [0, 0.1) is 5.92 Å². The van der Waals surface area contributed by atoms with E-state index in [0.717, 1.165) is 10.8 Å². The second-order valence-electron chi connectivity index (χ2n) is 5.23. The molecule has 2 aromatic carbocycles. The number of carbonyl (C=O) groups is 2. The maximum atomic E-state index is 12.2. The van der Waals surface area contributed by atoms with Crippen molar-refractivity contribution in [3.8, 4) is 0 Å². The van der Waals surface area contributed by atoms with E-state index in [2.05, 4.69) is 10.6 Å². The van der Waals surface area contributed by atoms with E-state index in [1.165, 1.54) is 0 Å². The van der Waals surface area contributed by atoms with Crippen LogP contribution in [0.5, 0.6) is 0 Å². The van der Waals surface area contributed by atoms with Crippen molar-refractivity contribution in [2.24, 2.45) is 5.92 Å². The lowest BCUT2D eigenvalue weighted by molar-refractivity contribution is -0.123. The molecule has 0 saturated carbocycles. The molecule has 2 aromatic rings. The highest BCUT2D eigenvalue weighted by atomic mass is 16.2. The van der Waals surface area contributed by atoms with Crippen molar-refractivity contribution < 1.29 is 9.59 Å². The van der Waals surface area contributed by atoms with Gasteiger partial charge >= 0.3 is 0 Å². The van der Waals surface area contributed by atoms with Crippen LogP contribution in [0.25, 0.3) is 10.8 Å². The Bertz CT molecular complexity index is 645. The van der Waals surface area contributed by atoms with E-state index >= 15 is 0 Å². The molecule has 110 valence electrons. The van der Waals surface area contributed by atoms with E-state index in [-0.39, 0.29) is 17.7 Å². The molecule has 0 bridgehead atoms. The Kier molecular flexibility index (Phi) is 4.93. The number of hydrogen-bond acceptors (Lipinski definition) is 2. The Morgan fingerprint density at radius 2 is 1.62 bits per heavy atom. The third-order valence-electron chi connectivity index (χ3n) is 3.27. The number of benzene rings is 2. The first-order valence-electron chi connectivity index (χ1n) is 7.13. The first-order valence-corrected chi connectivity index (χ1v) is 7.13. The van der Waals surface area contributed by atoms with Crippen LogP contribution in [-0.2, 0) is 4.79 Å². The molecule has 0 saturated heterocycles. The van der Waals surface area contributed by atoms with Gasteiger partial charge in [0.2, 0.25) is 5.91 Å². The molecular formula is C17H20N2O2. The molecule has 0 unspecified atom stereocenters. The fourth-order valence-electron chi connectivity index (χ4n) is 2.08. The Morgan fingerprint density at radius 1 is 0.952 bits per heavy atom. The first kappa shape index (κ1) is 15.0. The molecule has 2 amide bonds. The van der Waals surface area contributed by atoms with Gasteiger partial charge in [-0.15, -0.1) is 0 Å². The van der Waals surface area contributed by atoms with Gasteiger partial charge in [-0.2, -0.15) is 0 Å². The number of rotatable bonds is 5. The smallest absolute Gasteiger partial charge is 0.251 e. The van der Waals surface area contributed by atoms with E-state index in [1.807, 2.05) is 56.3 Å². The molecule has 0 heterocycles. The Balaban J connectivity index is 1.95. The van der Waals surface area contributed by atoms with Crippen LogP contribution < -0.4 is 10.6 Å². The molecule has 0 radical (unpaired) electrons. The summed E-state index contributed by atoms with van der Waals surface area (Å²) in [5, 5.41) is 7.58. The van der Waals surface area contributed by atoms with E-state index in [4.69, 9.17) is 0 Å². The Labute approximate surface area is 124 Å². The van der Waals surface area contributed by atoms with Crippen LogP contribution in [0.4, 0.5) is 0 Å². The number of fused-ring (bicyclic) bond motifs is 1. The summed E-state index contributed by atoms with van der Waals surface area (Å²) >= 11 is 0. The topological polar surface area (TPSA) is 58.2 Å². The molecule has 21 heavy (non-hydrogen) atoms. The minimum absolute atomic E-state index is 0.00518. The third-order valence-corrected chi connectivity index (χ3v) is 3.27. The minimum Gasteiger partial charge on any atom is -0.354 e. The van der Waals surface area contributed by atoms with Crippen molar-refractivity contribution in [3.63, 3.8) is 0 Å². The molecule has 4 heteroatoms. The summed E-state index contributed by atoms with van der Waals surface area (Å²) in [6, 6.07) is 13.4. The van der Waals surface area contributed by atoms with Crippen LogP contribution in [-0.4, -0.2) is 24.9 Å². The molecule has 0 atom stereocenters. The van der Waals surface area contributed by atoms with Crippen LogP contribution in [0.3, 0.4) is 0 Å². The summed E-state index contributed by atoms with van der Waals surface area (Å²) in [6.45, 7) is 4.53. The number of nitrogens with one attached hydrogen (secondary N) is 2. The maximum absolute atomic E-state index is 12.2. The molecule has 2 N–H and O–H groups in total. The highest BCUT2D eigenvalue weighted by molar-refractivity contribution is 6.07. The summed E-state index contributed by atoms with van der Waals surface area (Å²) in [4.78, 5) is 23.6. The standard InChI is InChI=1S/C17H20N2O2/c1-12(2)16(20)18-10-11-19-17(21)15-9-5-7-13-6-3-4-8-14(13)15/h3-9,12H,10-11H2,1-2H3,(H,18,20)(H,19,21). The van der Waals surface area contributed by atoms with Crippen molar-refractivity contribution in [3.05, 3.63) is 48.0 Å². The summed E-state index contributed by atoms with van der Waals surface area (Å²) in [7, 11) is 0. The van der Waals surface area contributed by atoms with Crippen molar-refractivity contribution in [2.45, 2.75) is 13.8 Å². The zero-order valence-corrected chi connectivity index (χ0v) is 12.3. The number of carbonyl (C=O) groups excluding carboxylic acids is 2. The lowest BCUT2D eigenvalue weighted by Crippen LogP contribution is -2.36. The average molecular weight is 284 g/mol. The van der Waals surface area contributed by atoms with E-state index in [0.29, 0.717) is 18.7 Å². The zero-order valence-electron chi connectivity index (χ0n) is 12.3. The first-order chi connectivity index (χ1) is 10.1. The Hall–Kier alpha value is -2.36. The summed E-state index contributed by atoms with van der Waals surface area (Å²) in [6.07, 6.45) is 0. The molecular weight excluding hydrogens is 264 g/mol. The predicted octanol–water partition coefficient (Wildman–Crippen LogP) is 2.34. The van der Waals surface area contributed by atoms with Crippen LogP contribution in [0.2, 0.25) is 0 Å². The van der Waals surface area contributed by atoms with Gasteiger partial charge in [0.05, 0.1) is 0 Å². The van der Waals surface area contributed by atoms with Gasteiger partial charge in [0.15, 0.2) is 0 Å². The molecule has 0 aliphatic carbocycles. The van der Waals surface area contributed by atoms with Crippen LogP contribution >= 0.6 is 0 Å². The van der Waals surface area contributed by atoms with Gasteiger partial charge in [0.25, 0.3) is 5.91 Å². The van der Waals surface area contributed by atoms with Gasteiger partial charge in [-0.3, -0.25) is 9.59 Å². The summed E-state index contributed by atoms with van der Waals surface area (Å²) < 4.78 is 0. The Morgan fingerprint density at radius 3 is 2.38 bits per heavy atom. The molecule has 0 fully saturated rings. The molecule has 4 nitrogen and oxygen atoms in total. The van der Waals surface area contributed by atoms with Crippen molar-refractivity contribution in [2.75, 3.05) is 13.1 Å². The van der Waals surface area contributed by atoms with Crippen molar-refractivity contribution in [1.82, 2.24) is 10.6 Å². The summed E-state index contributed by atoms with van der Waals surface area (Å²) in [5.41, 5.74) is 0.656. The van der Waals surface area contributed by atoms with Gasteiger partial charge in [0, 0.05) is 24.6 Å². The van der Waals surface area contributed by atoms with E-state index in [9.17, 15) is 9.59 Å². The maximum Gasteiger partial charge on any atom is 0.251 e. The second kappa shape index (κ2) is 6.88. The zero-order chi connectivity index (χ0) is 15.2. The highest BCUT2D eigenvalue weighted by Gasteiger charge is 2.09. The molecule has 0 aliphatic heterocycles. The van der Waals surface area contributed by atoms with Crippen LogP contribution in [0.15, 0.2) is 42.5 Å². The normalized spacial score (nSPS) is 10.6. The highest BCUT2D eigenvalue weighted by Crippen LogP contribution is 2.18. The predicted molar refractivity (Wildman–Crippen MR) is 84.1 cm³/mol. The quantitative estimate of drug-likeness (QED) is 0.828. The molecule has 0 aliphatic rings. The van der Waals surface area contributed by atoms with Crippen molar-refractivity contribution in [1.29, 1.82) is 0 Å². The molecule has 0 spiro atoms. The largest absolute Gasteiger partial charge is 0.354 e. The van der Waals surface area contributed by atoms with E-state index in [1.54, 1.807) is 0 Å². The monoisotopic (exact) mass is 284 g/mol. The van der Waals surface area contributed by atoms with Gasteiger partial charge in [-0.1, -0.05) is 50.2 Å². The molecule has 2 rings (SSSR count). The lowest BCUT2D eigenvalue weighted by atomic mass is 10.0. The van der Waals surface area contributed by atoms with Crippen LogP contribution in [0.1, 0.15) is 24.2 Å². The fraction of sp³-hybridized carbons (Fsp3) is 0.294. The minimum atomic E-state index is -0.120. The molecule has 0 aromatic heterocycles. The van der Waals surface area contributed by atoms with Gasteiger partial charge in [-0.05, 0) is 16.8 Å². The second-order valence-corrected chi connectivity index (χ2v) is 5.23. The SMILES string of the molecule is CC(C)C(=O)NCCNC(=O)c1cccc2ccccc12.